The summed E-state index contributed by atoms with van der Waals surface area (Å²) < 4.78 is 34.4. The minimum absolute atomic E-state index is 0.493. The normalized spacial score (nSPS) is 16.1. The van der Waals surface area contributed by atoms with E-state index in [2.05, 4.69) is 0 Å². The molecule has 0 fully saturated rings. The predicted molar refractivity (Wildman–Crippen MR) is 31.5 cm³/mol. The van der Waals surface area contributed by atoms with Crippen LogP contribution >= 0.6 is 0 Å². The molecule has 10 heavy (non-hydrogen) atoms. The van der Waals surface area contributed by atoms with Crippen molar-refractivity contribution >= 4 is 0 Å². The Balaban J connectivity index is 3.84. The van der Waals surface area contributed by atoms with E-state index < -0.39 is 12.3 Å². The molecule has 0 rings (SSSR count). The van der Waals surface area contributed by atoms with Crippen LogP contribution in [-0.4, -0.2) is 17.4 Å². The molecular formula is C6H9F3O. The van der Waals surface area contributed by atoms with Crippen LogP contribution in [0.5, 0.6) is 0 Å². The van der Waals surface area contributed by atoms with E-state index in [0.29, 0.717) is 6.42 Å². The Kier molecular flexibility index (Phi) is 3.42. The molecule has 1 N–H and O–H groups in total. The standard InChI is InChI=1S/C6H9F3O/c1-2-3-4-5(10)6(7,8)9/h3-5,10H,2H2,1H3. The molecule has 1 unspecified atom stereocenters. The summed E-state index contributed by atoms with van der Waals surface area (Å²) in [5, 5.41) is 8.30. The first-order valence-corrected chi connectivity index (χ1v) is 2.90. The second-order valence-corrected chi connectivity index (χ2v) is 1.82. The summed E-state index contributed by atoms with van der Waals surface area (Å²) in [5.41, 5.74) is 0. The molecule has 0 aromatic heterocycles. The summed E-state index contributed by atoms with van der Waals surface area (Å²) >= 11 is 0. The van der Waals surface area contributed by atoms with Gasteiger partial charge in [-0.2, -0.15) is 13.2 Å². The van der Waals surface area contributed by atoms with E-state index in [1.165, 1.54) is 6.08 Å². The maximum atomic E-state index is 11.5. The fourth-order valence-corrected chi connectivity index (χ4v) is 0.374. The maximum absolute atomic E-state index is 11.5. The SMILES string of the molecule is CCC=CC(O)C(F)(F)F. The van der Waals surface area contributed by atoms with E-state index >= 15 is 0 Å². The summed E-state index contributed by atoms with van der Waals surface area (Å²) in [7, 11) is 0. The predicted octanol–water partition coefficient (Wildman–Crippen LogP) is 1.88. The van der Waals surface area contributed by atoms with E-state index in [9.17, 15) is 13.2 Å². The third kappa shape index (κ3) is 3.50. The zero-order valence-electron chi connectivity index (χ0n) is 5.52. The summed E-state index contributed by atoms with van der Waals surface area (Å²) in [5.74, 6) is 0. The van der Waals surface area contributed by atoms with Crippen molar-refractivity contribution in [1.29, 1.82) is 0 Å². The number of allylic oxidation sites excluding steroid dienone is 1. The van der Waals surface area contributed by atoms with Gasteiger partial charge in [-0.05, 0) is 6.42 Å². The Morgan fingerprint density at radius 1 is 1.50 bits per heavy atom. The van der Waals surface area contributed by atoms with Crippen LogP contribution in [0, 0.1) is 0 Å². The third-order valence-corrected chi connectivity index (χ3v) is 0.889. The van der Waals surface area contributed by atoms with Gasteiger partial charge in [-0.25, -0.2) is 0 Å². The number of rotatable bonds is 2. The zero-order valence-corrected chi connectivity index (χ0v) is 5.52. The highest BCUT2D eigenvalue weighted by Gasteiger charge is 2.35. The van der Waals surface area contributed by atoms with Gasteiger partial charge in [-0.3, -0.25) is 0 Å². The third-order valence-electron chi connectivity index (χ3n) is 0.889. The van der Waals surface area contributed by atoms with Crippen LogP contribution in [-0.2, 0) is 0 Å². The highest BCUT2D eigenvalue weighted by Crippen LogP contribution is 2.20. The monoisotopic (exact) mass is 154 g/mol. The van der Waals surface area contributed by atoms with Crippen molar-refractivity contribution in [3.05, 3.63) is 12.2 Å². The molecule has 0 saturated carbocycles. The highest BCUT2D eigenvalue weighted by atomic mass is 19.4. The molecule has 0 amide bonds. The molecule has 1 nitrogen and oxygen atoms in total. The molecule has 1 atom stereocenters. The van der Waals surface area contributed by atoms with Gasteiger partial charge in [0.2, 0.25) is 0 Å². The van der Waals surface area contributed by atoms with Crippen molar-refractivity contribution in [3.8, 4) is 0 Å². The zero-order chi connectivity index (χ0) is 8.20. The summed E-state index contributed by atoms with van der Waals surface area (Å²) in [6.45, 7) is 1.69. The van der Waals surface area contributed by atoms with Crippen molar-refractivity contribution in [2.45, 2.75) is 25.6 Å². The van der Waals surface area contributed by atoms with Crippen molar-refractivity contribution in [3.63, 3.8) is 0 Å². The lowest BCUT2D eigenvalue weighted by Gasteiger charge is -2.08. The molecule has 0 radical (unpaired) electrons. The molecule has 0 bridgehead atoms. The van der Waals surface area contributed by atoms with Gasteiger partial charge in [0.25, 0.3) is 0 Å². The molecule has 0 heterocycles. The highest BCUT2D eigenvalue weighted by molar-refractivity contribution is 4.91. The van der Waals surface area contributed by atoms with Crippen LogP contribution in [0.1, 0.15) is 13.3 Å². The first-order chi connectivity index (χ1) is 4.48. The van der Waals surface area contributed by atoms with Gasteiger partial charge in [-0.1, -0.05) is 19.1 Å². The molecule has 0 saturated heterocycles. The lowest BCUT2D eigenvalue weighted by atomic mass is 10.3. The molecule has 0 aliphatic heterocycles. The largest absolute Gasteiger partial charge is 0.417 e. The Morgan fingerprint density at radius 2 is 2.00 bits per heavy atom. The van der Waals surface area contributed by atoms with Gasteiger partial charge in [0.1, 0.15) is 0 Å². The molecule has 0 aromatic rings. The Bertz CT molecular complexity index is 117. The summed E-state index contributed by atoms with van der Waals surface area (Å²) in [6, 6.07) is 0. The summed E-state index contributed by atoms with van der Waals surface area (Å²) in [6.07, 6.45) is -4.33. The number of alkyl halides is 3. The second kappa shape index (κ2) is 3.61. The Labute approximate surface area is 57.2 Å². The summed E-state index contributed by atoms with van der Waals surface area (Å²) in [4.78, 5) is 0. The fourth-order valence-electron chi connectivity index (χ4n) is 0.374. The van der Waals surface area contributed by atoms with Gasteiger partial charge < -0.3 is 5.11 Å². The number of hydrogen-bond acceptors (Lipinski definition) is 1. The number of hydrogen-bond donors (Lipinski definition) is 1. The molecular weight excluding hydrogens is 145 g/mol. The van der Waals surface area contributed by atoms with Gasteiger partial charge in [-0.15, -0.1) is 0 Å². The first-order valence-electron chi connectivity index (χ1n) is 2.90. The van der Waals surface area contributed by atoms with Gasteiger partial charge in [0, 0.05) is 0 Å². The quantitative estimate of drug-likeness (QED) is 0.602. The fraction of sp³-hybridized carbons (Fsp3) is 0.667. The molecule has 0 aliphatic carbocycles. The van der Waals surface area contributed by atoms with Crippen molar-refractivity contribution in [1.82, 2.24) is 0 Å². The lowest BCUT2D eigenvalue weighted by molar-refractivity contribution is -0.187. The number of halogens is 3. The van der Waals surface area contributed by atoms with E-state index in [1.54, 1.807) is 6.92 Å². The smallest absolute Gasteiger partial charge is 0.380 e. The van der Waals surface area contributed by atoms with E-state index in [0.717, 1.165) is 6.08 Å². The van der Waals surface area contributed by atoms with Gasteiger partial charge >= 0.3 is 6.18 Å². The van der Waals surface area contributed by atoms with Crippen LogP contribution in [0.4, 0.5) is 13.2 Å². The molecule has 0 spiro atoms. The van der Waals surface area contributed by atoms with Crippen molar-refractivity contribution in [2.24, 2.45) is 0 Å². The molecule has 0 aliphatic rings. The van der Waals surface area contributed by atoms with Crippen LogP contribution < -0.4 is 0 Å². The average Bonchev–Trinajstić information content (AvgIpc) is 1.80. The van der Waals surface area contributed by atoms with Gasteiger partial charge in [0.05, 0.1) is 0 Å². The van der Waals surface area contributed by atoms with Crippen molar-refractivity contribution < 1.29 is 18.3 Å². The van der Waals surface area contributed by atoms with Crippen LogP contribution in [0.2, 0.25) is 0 Å². The molecule has 60 valence electrons. The lowest BCUT2D eigenvalue weighted by Crippen LogP contribution is -2.25. The minimum atomic E-state index is -4.52. The van der Waals surface area contributed by atoms with Crippen molar-refractivity contribution in [2.75, 3.05) is 0 Å². The van der Waals surface area contributed by atoms with E-state index in [-0.39, 0.29) is 0 Å². The molecule has 4 heteroatoms. The van der Waals surface area contributed by atoms with Gasteiger partial charge in [0.15, 0.2) is 6.10 Å². The van der Waals surface area contributed by atoms with Crippen LogP contribution in [0.25, 0.3) is 0 Å². The maximum Gasteiger partial charge on any atom is 0.417 e. The Morgan fingerprint density at radius 3 is 2.30 bits per heavy atom. The average molecular weight is 154 g/mol. The van der Waals surface area contributed by atoms with Crippen LogP contribution in [0.15, 0.2) is 12.2 Å². The van der Waals surface area contributed by atoms with E-state index in [1.807, 2.05) is 0 Å². The minimum Gasteiger partial charge on any atom is -0.380 e. The van der Waals surface area contributed by atoms with E-state index in [4.69, 9.17) is 5.11 Å². The number of aliphatic hydroxyl groups excluding tert-OH is 1. The first kappa shape index (κ1) is 9.49. The Hall–Kier alpha value is -0.510. The second-order valence-electron chi connectivity index (χ2n) is 1.82. The topological polar surface area (TPSA) is 20.2 Å². The van der Waals surface area contributed by atoms with Crippen LogP contribution in [0.3, 0.4) is 0 Å². The molecule has 0 aromatic carbocycles. The number of aliphatic hydroxyl groups is 1.